The van der Waals surface area contributed by atoms with E-state index in [9.17, 15) is 9.59 Å². The van der Waals surface area contributed by atoms with Crippen molar-refractivity contribution in [2.24, 2.45) is 5.73 Å². The third-order valence-electron chi connectivity index (χ3n) is 3.03. The van der Waals surface area contributed by atoms with Crippen molar-refractivity contribution < 1.29 is 9.59 Å². The smallest absolute Gasteiger partial charge is 0.241 e. The number of piperidine rings is 1. The number of nitrogens with zero attached hydrogens (tertiary/aromatic N) is 1. The number of hydrogen-bond donors (Lipinski definition) is 2. The van der Waals surface area contributed by atoms with Gasteiger partial charge in [0.2, 0.25) is 11.8 Å². The number of carbonyl (C=O) groups is 2. The second-order valence-corrected chi connectivity index (χ2v) is 4.06. The van der Waals surface area contributed by atoms with Crippen molar-refractivity contribution >= 4 is 11.8 Å². The Kier molecular flexibility index (Phi) is 2.19. The number of carbonyl (C=O) groups excluding carboxylic acids is 2. The highest BCUT2D eigenvalue weighted by molar-refractivity contribution is 5.88. The van der Waals surface area contributed by atoms with E-state index in [0.717, 1.165) is 6.42 Å². The SMILES string of the molecule is CC1NC(=O)CCC1N1CC(N)C1=O. The van der Waals surface area contributed by atoms with E-state index in [2.05, 4.69) is 5.32 Å². The van der Waals surface area contributed by atoms with Crippen molar-refractivity contribution in [3.05, 3.63) is 0 Å². The quantitative estimate of drug-likeness (QED) is 0.520. The number of likely N-dealkylation sites (tertiary alicyclic amines) is 1. The van der Waals surface area contributed by atoms with Gasteiger partial charge in [-0.1, -0.05) is 0 Å². The summed E-state index contributed by atoms with van der Waals surface area (Å²) < 4.78 is 0. The highest BCUT2D eigenvalue weighted by atomic mass is 16.2. The molecule has 5 nitrogen and oxygen atoms in total. The first-order valence-electron chi connectivity index (χ1n) is 4.95. The molecule has 2 aliphatic rings. The van der Waals surface area contributed by atoms with E-state index in [4.69, 9.17) is 5.73 Å². The number of nitrogens with two attached hydrogens (primary N) is 1. The van der Waals surface area contributed by atoms with Crippen molar-refractivity contribution in [3.63, 3.8) is 0 Å². The molecule has 0 spiro atoms. The zero-order chi connectivity index (χ0) is 10.3. The zero-order valence-corrected chi connectivity index (χ0v) is 8.19. The van der Waals surface area contributed by atoms with Gasteiger partial charge in [0.1, 0.15) is 6.04 Å². The minimum Gasteiger partial charge on any atom is -0.352 e. The average molecular weight is 197 g/mol. The Hall–Kier alpha value is -1.10. The van der Waals surface area contributed by atoms with E-state index in [1.807, 2.05) is 6.92 Å². The summed E-state index contributed by atoms with van der Waals surface area (Å²) in [7, 11) is 0. The summed E-state index contributed by atoms with van der Waals surface area (Å²) in [5.41, 5.74) is 5.51. The summed E-state index contributed by atoms with van der Waals surface area (Å²) >= 11 is 0. The van der Waals surface area contributed by atoms with Crippen LogP contribution in [0.2, 0.25) is 0 Å². The maximum Gasteiger partial charge on any atom is 0.241 e. The summed E-state index contributed by atoms with van der Waals surface area (Å²) in [6.07, 6.45) is 1.26. The van der Waals surface area contributed by atoms with E-state index in [1.165, 1.54) is 0 Å². The molecule has 0 saturated carbocycles. The number of rotatable bonds is 1. The molecule has 0 radical (unpaired) electrons. The fourth-order valence-corrected chi connectivity index (χ4v) is 2.16. The van der Waals surface area contributed by atoms with Gasteiger partial charge in [-0.15, -0.1) is 0 Å². The Bertz CT molecular complexity index is 279. The highest BCUT2D eigenvalue weighted by Gasteiger charge is 2.41. The van der Waals surface area contributed by atoms with Crippen molar-refractivity contribution in [1.29, 1.82) is 0 Å². The molecule has 14 heavy (non-hydrogen) atoms. The second kappa shape index (κ2) is 3.24. The molecular formula is C9H15N3O2. The van der Waals surface area contributed by atoms with Crippen molar-refractivity contribution in [3.8, 4) is 0 Å². The fourth-order valence-electron chi connectivity index (χ4n) is 2.16. The van der Waals surface area contributed by atoms with Crippen LogP contribution in [-0.2, 0) is 9.59 Å². The molecule has 5 heteroatoms. The topological polar surface area (TPSA) is 75.4 Å². The highest BCUT2D eigenvalue weighted by Crippen LogP contribution is 2.21. The van der Waals surface area contributed by atoms with Gasteiger partial charge in [-0.3, -0.25) is 9.59 Å². The van der Waals surface area contributed by atoms with Crippen LogP contribution in [0.25, 0.3) is 0 Å². The van der Waals surface area contributed by atoms with Crippen LogP contribution >= 0.6 is 0 Å². The van der Waals surface area contributed by atoms with Crippen LogP contribution in [0, 0.1) is 0 Å². The summed E-state index contributed by atoms with van der Waals surface area (Å²) in [6.45, 7) is 2.56. The van der Waals surface area contributed by atoms with Gasteiger partial charge in [0.05, 0.1) is 6.04 Å². The van der Waals surface area contributed by atoms with Crippen LogP contribution < -0.4 is 11.1 Å². The van der Waals surface area contributed by atoms with Crippen molar-refractivity contribution in [1.82, 2.24) is 10.2 Å². The molecule has 2 rings (SSSR count). The second-order valence-electron chi connectivity index (χ2n) is 4.06. The van der Waals surface area contributed by atoms with Gasteiger partial charge in [-0.2, -0.15) is 0 Å². The lowest BCUT2D eigenvalue weighted by atomic mass is 9.93. The molecule has 3 unspecified atom stereocenters. The van der Waals surface area contributed by atoms with Crippen LogP contribution in [0.3, 0.4) is 0 Å². The third-order valence-corrected chi connectivity index (χ3v) is 3.03. The lowest BCUT2D eigenvalue weighted by Gasteiger charge is -2.46. The summed E-state index contributed by atoms with van der Waals surface area (Å²) in [5.74, 6) is 0.0871. The van der Waals surface area contributed by atoms with Crippen LogP contribution in [-0.4, -0.2) is 41.4 Å². The number of nitrogens with one attached hydrogen (secondary N) is 1. The number of amides is 2. The Labute approximate surface area is 82.6 Å². The van der Waals surface area contributed by atoms with Gasteiger partial charge in [0, 0.05) is 19.0 Å². The third kappa shape index (κ3) is 1.37. The molecule has 2 amide bonds. The minimum absolute atomic E-state index is 0.0120. The summed E-state index contributed by atoms with van der Waals surface area (Å²) in [6, 6.07) is -0.132. The van der Waals surface area contributed by atoms with E-state index >= 15 is 0 Å². The van der Waals surface area contributed by atoms with Gasteiger partial charge in [-0.25, -0.2) is 0 Å². The Morgan fingerprint density at radius 1 is 1.50 bits per heavy atom. The first-order valence-corrected chi connectivity index (χ1v) is 4.95. The monoisotopic (exact) mass is 197 g/mol. The standard InChI is InChI=1S/C9H15N3O2/c1-5-7(2-3-8(13)11-5)12-4-6(10)9(12)14/h5-7H,2-4,10H2,1H3,(H,11,13). The molecule has 3 atom stereocenters. The minimum atomic E-state index is -0.320. The lowest BCUT2D eigenvalue weighted by Crippen LogP contribution is -2.68. The Balaban J connectivity index is 1.98. The first kappa shape index (κ1) is 9.45. The molecule has 0 aromatic carbocycles. The molecule has 2 fully saturated rings. The number of hydrogen-bond acceptors (Lipinski definition) is 3. The molecule has 2 heterocycles. The molecular weight excluding hydrogens is 182 g/mol. The molecule has 0 bridgehead atoms. The predicted molar refractivity (Wildman–Crippen MR) is 50.3 cm³/mol. The fraction of sp³-hybridized carbons (Fsp3) is 0.778. The first-order chi connectivity index (χ1) is 6.59. The molecule has 78 valence electrons. The van der Waals surface area contributed by atoms with Crippen LogP contribution in [0.4, 0.5) is 0 Å². The van der Waals surface area contributed by atoms with E-state index in [-0.39, 0.29) is 29.9 Å². The molecule has 2 aliphatic heterocycles. The average Bonchev–Trinajstić information content (AvgIpc) is 2.15. The van der Waals surface area contributed by atoms with E-state index in [0.29, 0.717) is 13.0 Å². The Morgan fingerprint density at radius 3 is 2.71 bits per heavy atom. The lowest BCUT2D eigenvalue weighted by molar-refractivity contribution is -0.148. The molecule has 3 N–H and O–H groups in total. The van der Waals surface area contributed by atoms with E-state index in [1.54, 1.807) is 4.90 Å². The van der Waals surface area contributed by atoms with E-state index < -0.39 is 0 Å². The van der Waals surface area contributed by atoms with Gasteiger partial charge in [0.15, 0.2) is 0 Å². The maximum atomic E-state index is 11.4. The Morgan fingerprint density at radius 2 is 2.21 bits per heavy atom. The maximum absolute atomic E-state index is 11.4. The van der Waals surface area contributed by atoms with Crippen molar-refractivity contribution in [2.45, 2.75) is 37.9 Å². The van der Waals surface area contributed by atoms with Gasteiger partial charge < -0.3 is 16.0 Å². The normalized spacial score (nSPS) is 37.9. The zero-order valence-electron chi connectivity index (χ0n) is 8.19. The van der Waals surface area contributed by atoms with Gasteiger partial charge >= 0.3 is 0 Å². The van der Waals surface area contributed by atoms with Gasteiger partial charge in [-0.05, 0) is 13.3 Å². The number of β-lactam (4-membered cyclic amide) rings is 1. The van der Waals surface area contributed by atoms with Crippen LogP contribution in [0.15, 0.2) is 0 Å². The predicted octanol–water partition coefficient (Wildman–Crippen LogP) is -1.18. The van der Waals surface area contributed by atoms with Crippen LogP contribution in [0.1, 0.15) is 19.8 Å². The molecule has 0 aliphatic carbocycles. The van der Waals surface area contributed by atoms with Crippen LogP contribution in [0.5, 0.6) is 0 Å². The summed E-state index contributed by atoms with van der Waals surface area (Å²) in [4.78, 5) is 24.2. The molecule has 0 aromatic rings. The van der Waals surface area contributed by atoms with Gasteiger partial charge in [0.25, 0.3) is 0 Å². The molecule has 2 saturated heterocycles. The largest absolute Gasteiger partial charge is 0.352 e. The molecule has 0 aromatic heterocycles. The van der Waals surface area contributed by atoms with Crippen molar-refractivity contribution in [2.75, 3.05) is 6.54 Å². The summed E-state index contributed by atoms with van der Waals surface area (Å²) in [5, 5.41) is 2.84.